The average molecular weight is 351 g/mol. The Morgan fingerprint density at radius 1 is 1.15 bits per heavy atom. The first-order valence-corrected chi connectivity index (χ1v) is 8.12. The molecule has 26 heavy (non-hydrogen) atoms. The van der Waals surface area contributed by atoms with E-state index >= 15 is 0 Å². The molecule has 0 atom stereocenters. The van der Waals surface area contributed by atoms with Crippen molar-refractivity contribution in [3.05, 3.63) is 64.7 Å². The van der Waals surface area contributed by atoms with Crippen LogP contribution in [0.5, 0.6) is 11.5 Å². The number of nitrogens with zero attached hydrogens (tertiary/aromatic N) is 1. The van der Waals surface area contributed by atoms with Crippen LogP contribution in [-0.2, 0) is 16.1 Å². The minimum atomic E-state index is -0.422. The van der Waals surface area contributed by atoms with E-state index < -0.39 is 5.97 Å². The van der Waals surface area contributed by atoms with Crippen molar-refractivity contribution < 1.29 is 19.0 Å². The third kappa shape index (κ3) is 5.38. The molecule has 2 aromatic carbocycles. The van der Waals surface area contributed by atoms with Crippen LogP contribution in [0.25, 0.3) is 6.08 Å². The van der Waals surface area contributed by atoms with E-state index in [1.807, 2.05) is 38.1 Å². The van der Waals surface area contributed by atoms with Gasteiger partial charge in [0.05, 0.1) is 7.11 Å². The summed E-state index contributed by atoms with van der Waals surface area (Å²) in [6.07, 6.45) is 3.01. The van der Waals surface area contributed by atoms with E-state index in [1.165, 1.54) is 13.2 Å². The highest BCUT2D eigenvalue weighted by Crippen LogP contribution is 2.28. The Kier molecular flexibility index (Phi) is 6.81. The number of benzene rings is 2. The summed E-state index contributed by atoms with van der Waals surface area (Å²) in [7, 11) is 1.51. The molecule has 0 radical (unpaired) electrons. The van der Waals surface area contributed by atoms with Gasteiger partial charge >= 0.3 is 5.97 Å². The summed E-state index contributed by atoms with van der Waals surface area (Å²) < 4.78 is 15.8. The Balaban J connectivity index is 1.99. The number of methoxy groups -OCH3 is 1. The maximum absolute atomic E-state index is 11.9. The molecular formula is C21H21NO4. The van der Waals surface area contributed by atoms with Gasteiger partial charge in [-0.3, -0.25) is 0 Å². The zero-order valence-electron chi connectivity index (χ0n) is 15.1. The van der Waals surface area contributed by atoms with Crippen molar-refractivity contribution in [3.63, 3.8) is 0 Å². The van der Waals surface area contributed by atoms with Crippen LogP contribution in [-0.4, -0.2) is 19.7 Å². The van der Waals surface area contributed by atoms with E-state index in [0.29, 0.717) is 11.5 Å². The maximum atomic E-state index is 11.9. The van der Waals surface area contributed by atoms with Crippen molar-refractivity contribution in [1.29, 1.82) is 5.26 Å². The molecule has 0 aliphatic heterocycles. The van der Waals surface area contributed by atoms with Gasteiger partial charge < -0.3 is 14.2 Å². The van der Waals surface area contributed by atoms with Crippen LogP contribution in [0.3, 0.4) is 0 Å². The van der Waals surface area contributed by atoms with Crippen LogP contribution in [0.15, 0.2) is 42.5 Å². The van der Waals surface area contributed by atoms with Gasteiger partial charge in [-0.15, -0.1) is 0 Å². The van der Waals surface area contributed by atoms with Gasteiger partial charge in [-0.1, -0.05) is 29.8 Å². The first-order valence-electron chi connectivity index (χ1n) is 8.12. The summed E-state index contributed by atoms with van der Waals surface area (Å²) in [5.41, 5.74) is 3.97. The van der Waals surface area contributed by atoms with Crippen molar-refractivity contribution in [2.75, 3.05) is 13.7 Å². The van der Waals surface area contributed by atoms with Crippen LogP contribution in [0.4, 0.5) is 0 Å². The summed E-state index contributed by atoms with van der Waals surface area (Å²) in [5.74, 6) is 0.546. The number of carbonyl (C=O) groups is 1. The van der Waals surface area contributed by atoms with Gasteiger partial charge in [0.25, 0.3) is 0 Å². The van der Waals surface area contributed by atoms with E-state index in [4.69, 9.17) is 19.5 Å². The number of carbonyl (C=O) groups excluding carboxylic acids is 1. The lowest BCUT2D eigenvalue weighted by atomic mass is 10.1. The summed E-state index contributed by atoms with van der Waals surface area (Å²) in [5, 5.41) is 8.58. The number of hydrogen-bond donors (Lipinski definition) is 0. The average Bonchev–Trinajstić information content (AvgIpc) is 2.65. The molecule has 5 nitrogen and oxygen atoms in total. The molecule has 2 rings (SSSR count). The number of aryl methyl sites for hydroxylation is 2. The van der Waals surface area contributed by atoms with Crippen LogP contribution in [0, 0.1) is 25.2 Å². The van der Waals surface area contributed by atoms with Gasteiger partial charge in [-0.2, -0.15) is 5.26 Å². The zero-order valence-corrected chi connectivity index (χ0v) is 15.1. The summed E-state index contributed by atoms with van der Waals surface area (Å²) >= 11 is 0. The first-order chi connectivity index (χ1) is 12.5. The van der Waals surface area contributed by atoms with Crippen LogP contribution >= 0.6 is 0 Å². The van der Waals surface area contributed by atoms with Gasteiger partial charge in [0.2, 0.25) is 0 Å². The quantitative estimate of drug-likeness (QED) is 0.558. The fourth-order valence-electron chi connectivity index (χ4n) is 2.33. The molecule has 0 saturated carbocycles. The van der Waals surface area contributed by atoms with Crippen molar-refractivity contribution in [1.82, 2.24) is 0 Å². The minimum Gasteiger partial charge on any atom is -0.493 e. The van der Waals surface area contributed by atoms with Gasteiger partial charge in [0.1, 0.15) is 12.7 Å². The Bertz CT molecular complexity index is 850. The van der Waals surface area contributed by atoms with Crippen LogP contribution < -0.4 is 9.47 Å². The standard InChI is InChI=1S/C21H21NO4/c1-15-4-5-16(2)18(12-15)14-26-21(23)9-7-17-6-8-19(25-11-10-22)20(13-17)24-3/h4-9,12-13H,11,14H2,1-3H3/b9-7+. The molecule has 0 aliphatic rings. The molecule has 5 heteroatoms. The van der Waals surface area contributed by atoms with Crippen molar-refractivity contribution >= 4 is 12.0 Å². The van der Waals surface area contributed by atoms with Gasteiger partial charge in [-0.05, 0) is 48.7 Å². The van der Waals surface area contributed by atoms with E-state index in [9.17, 15) is 4.79 Å². The normalized spacial score (nSPS) is 10.4. The third-order valence-electron chi connectivity index (χ3n) is 3.77. The topological polar surface area (TPSA) is 68.6 Å². The third-order valence-corrected chi connectivity index (χ3v) is 3.77. The second kappa shape index (κ2) is 9.28. The zero-order chi connectivity index (χ0) is 18.9. The Morgan fingerprint density at radius 2 is 1.96 bits per heavy atom. The highest BCUT2D eigenvalue weighted by atomic mass is 16.5. The molecule has 0 aliphatic carbocycles. The highest BCUT2D eigenvalue weighted by molar-refractivity contribution is 5.87. The van der Waals surface area contributed by atoms with Crippen LogP contribution in [0.1, 0.15) is 22.3 Å². The molecule has 0 fully saturated rings. The first kappa shape index (κ1) is 19.1. The largest absolute Gasteiger partial charge is 0.493 e. The lowest BCUT2D eigenvalue weighted by molar-refractivity contribution is -0.138. The minimum absolute atomic E-state index is 0.0593. The molecule has 0 heterocycles. The lowest BCUT2D eigenvalue weighted by Gasteiger charge is -2.09. The molecule has 134 valence electrons. The molecule has 0 amide bonds. The molecule has 0 spiro atoms. The van der Waals surface area contributed by atoms with Crippen LogP contribution in [0.2, 0.25) is 0 Å². The van der Waals surface area contributed by atoms with E-state index in [1.54, 1.807) is 24.3 Å². The molecule has 0 saturated heterocycles. The molecule has 2 aromatic rings. The number of rotatable bonds is 7. The second-order valence-corrected chi connectivity index (χ2v) is 5.73. The Labute approximate surface area is 153 Å². The van der Waals surface area contributed by atoms with E-state index in [2.05, 4.69) is 0 Å². The SMILES string of the molecule is COc1cc(/C=C/C(=O)OCc2cc(C)ccc2C)ccc1OCC#N. The predicted octanol–water partition coefficient (Wildman–Crippen LogP) is 3.97. The van der Waals surface area contributed by atoms with Crippen molar-refractivity contribution in [2.45, 2.75) is 20.5 Å². The van der Waals surface area contributed by atoms with Gasteiger partial charge in [-0.25, -0.2) is 4.79 Å². The lowest BCUT2D eigenvalue weighted by Crippen LogP contribution is -2.02. The molecular weight excluding hydrogens is 330 g/mol. The Hall–Kier alpha value is -3.26. The van der Waals surface area contributed by atoms with Crippen molar-refractivity contribution in [2.24, 2.45) is 0 Å². The summed E-state index contributed by atoms with van der Waals surface area (Å²) in [6.45, 7) is 4.17. The monoisotopic (exact) mass is 351 g/mol. The second-order valence-electron chi connectivity index (χ2n) is 5.73. The summed E-state index contributed by atoms with van der Waals surface area (Å²) in [4.78, 5) is 11.9. The van der Waals surface area contributed by atoms with Gasteiger partial charge in [0.15, 0.2) is 18.1 Å². The molecule has 0 unspecified atom stereocenters. The van der Waals surface area contributed by atoms with Gasteiger partial charge in [0, 0.05) is 6.08 Å². The molecule has 0 aromatic heterocycles. The van der Waals surface area contributed by atoms with E-state index in [-0.39, 0.29) is 13.2 Å². The smallest absolute Gasteiger partial charge is 0.331 e. The number of ether oxygens (including phenoxy) is 3. The van der Waals surface area contributed by atoms with E-state index in [0.717, 1.165) is 22.3 Å². The number of esters is 1. The molecule has 0 bridgehead atoms. The van der Waals surface area contributed by atoms with Crippen molar-refractivity contribution in [3.8, 4) is 17.6 Å². The maximum Gasteiger partial charge on any atom is 0.331 e. The Morgan fingerprint density at radius 3 is 2.69 bits per heavy atom. The summed E-state index contributed by atoms with van der Waals surface area (Å²) in [6, 6.07) is 13.1. The number of nitriles is 1. The number of hydrogen-bond acceptors (Lipinski definition) is 5. The predicted molar refractivity (Wildman–Crippen MR) is 98.8 cm³/mol. The fourth-order valence-corrected chi connectivity index (χ4v) is 2.33. The molecule has 0 N–H and O–H groups in total. The fraction of sp³-hybridized carbons (Fsp3) is 0.238. The highest BCUT2D eigenvalue weighted by Gasteiger charge is 2.06.